The van der Waals surface area contributed by atoms with Gasteiger partial charge in [0.25, 0.3) is 0 Å². The number of benzene rings is 3. The Morgan fingerprint density at radius 3 is 2.53 bits per heavy atom. The lowest BCUT2D eigenvalue weighted by Crippen LogP contribution is -2.30. The molecule has 0 spiro atoms. The minimum absolute atomic E-state index is 0.0349. The summed E-state index contributed by atoms with van der Waals surface area (Å²) in [6.45, 7) is 4.32. The Morgan fingerprint density at radius 2 is 1.80 bits per heavy atom. The van der Waals surface area contributed by atoms with Crippen molar-refractivity contribution in [2.45, 2.75) is 37.9 Å². The first kappa shape index (κ1) is 20.3. The zero-order valence-electron chi connectivity index (χ0n) is 17.2. The summed E-state index contributed by atoms with van der Waals surface area (Å²) in [7, 11) is 0. The van der Waals surface area contributed by atoms with E-state index in [1.54, 1.807) is 0 Å². The molecule has 1 atom stereocenters. The molecule has 150 valence electrons. The third kappa shape index (κ3) is 4.13. The number of nitrogens with one attached hydrogen (secondary N) is 1. The highest BCUT2D eigenvalue weighted by Crippen LogP contribution is 2.37. The predicted octanol–water partition coefficient (Wildman–Crippen LogP) is 6.24. The second-order valence-electron chi connectivity index (χ2n) is 7.91. The van der Waals surface area contributed by atoms with Gasteiger partial charge >= 0.3 is 0 Å². The summed E-state index contributed by atoms with van der Waals surface area (Å²) in [5.41, 5.74) is 4.12. The fourth-order valence-electron chi connectivity index (χ4n) is 3.90. The minimum Gasteiger partial charge on any atom is -0.320 e. The Kier molecular flexibility index (Phi) is 5.92. The number of hydrogen-bond donors (Lipinski definition) is 1. The number of carbonyl (C=O) groups excluding carboxylic acids is 1. The van der Waals surface area contributed by atoms with Crippen LogP contribution in [0.15, 0.2) is 77.3 Å². The van der Waals surface area contributed by atoms with Crippen molar-refractivity contribution in [3.8, 4) is 6.07 Å². The Morgan fingerprint density at radius 1 is 1.07 bits per heavy atom. The fourth-order valence-corrected chi connectivity index (χ4v) is 4.98. The van der Waals surface area contributed by atoms with Crippen LogP contribution in [-0.4, -0.2) is 5.91 Å². The van der Waals surface area contributed by atoms with E-state index in [0.717, 1.165) is 5.56 Å². The van der Waals surface area contributed by atoms with Gasteiger partial charge in [0.15, 0.2) is 0 Å². The molecular weight excluding hydrogens is 388 g/mol. The maximum absolute atomic E-state index is 12.4. The van der Waals surface area contributed by atoms with Crippen LogP contribution in [0.25, 0.3) is 10.8 Å². The number of allylic oxidation sites excluding steroid dienone is 1. The van der Waals surface area contributed by atoms with Crippen molar-refractivity contribution in [3.63, 3.8) is 0 Å². The van der Waals surface area contributed by atoms with E-state index < -0.39 is 0 Å². The molecule has 0 radical (unpaired) electrons. The second-order valence-corrected chi connectivity index (χ2v) is 8.89. The van der Waals surface area contributed by atoms with Gasteiger partial charge in [0.2, 0.25) is 5.91 Å². The smallest absolute Gasteiger partial charge is 0.225 e. The fraction of sp³-hybridized carbons (Fsp3) is 0.231. The highest BCUT2D eigenvalue weighted by molar-refractivity contribution is 8.02. The number of nitrogens with zero attached hydrogens (tertiary/aromatic N) is 1. The molecule has 1 aliphatic heterocycles. The second kappa shape index (κ2) is 8.77. The lowest BCUT2D eigenvalue weighted by molar-refractivity contribution is -0.120. The van der Waals surface area contributed by atoms with Gasteiger partial charge in [0.1, 0.15) is 0 Å². The van der Waals surface area contributed by atoms with Crippen LogP contribution in [-0.2, 0) is 10.5 Å². The standard InChI is InChI=1S/C26H24N2OS/c1-17(2)18-10-12-20(13-11-18)23-14-25(29)28-26(24(23)15-27)30-16-21-8-5-7-19-6-3-4-9-22(19)21/h3-13,17,23H,14,16H2,1-2H3,(H,28,29)/t23-/m1/s1. The highest BCUT2D eigenvalue weighted by Gasteiger charge is 2.29. The lowest BCUT2D eigenvalue weighted by Gasteiger charge is -2.25. The third-order valence-corrected chi connectivity index (χ3v) is 6.68. The summed E-state index contributed by atoms with van der Waals surface area (Å²) in [6.07, 6.45) is 0.308. The van der Waals surface area contributed by atoms with E-state index in [9.17, 15) is 10.1 Å². The van der Waals surface area contributed by atoms with E-state index in [1.807, 2.05) is 12.1 Å². The van der Waals surface area contributed by atoms with Crippen LogP contribution in [0, 0.1) is 11.3 Å². The van der Waals surface area contributed by atoms with Crippen molar-refractivity contribution in [2.75, 3.05) is 0 Å². The molecule has 1 N–H and O–H groups in total. The van der Waals surface area contributed by atoms with Gasteiger partial charge in [0.05, 0.1) is 16.7 Å². The molecule has 4 rings (SSSR count). The number of amides is 1. The Bertz CT molecular complexity index is 1150. The number of hydrogen-bond acceptors (Lipinski definition) is 3. The molecule has 0 saturated carbocycles. The first-order chi connectivity index (χ1) is 14.6. The number of carbonyl (C=O) groups is 1. The Hall–Kier alpha value is -3.03. The average molecular weight is 413 g/mol. The van der Waals surface area contributed by atoms with E-state index in [4.69, 9.17) is 0 Å². The van der Waals surface area contributed by atoms with Crippen LogP contribution in [0.5, 0.6) is 0 Å². The van der Waals surface area contributed by atoms with Crippen molar-refractivity contribution >= 4 is 28.4 Å². The lowest BCUT2D eigenvalue weighted by atomic mass is 9.86. The summed E-state index contributed by atoms with van der Waals surface area (Å²) < 4.78 is 0. The predicted molar refractivity (Wildman–Crippen MR) is 124 cm³/mol. The maximum atomic E-state index is 12.4. The Balaban J connectivity index is 1.63. The molecule has 0 saturated heterocycles. The molecule has 3 aromatic carbocycles. The SMILES string of the molecule is CC(C)c1ccc([C@H]2CC(=O)NC(SCc3cccc4ccccc34)=C2C#N)cc1. The van der Waals surface area contributed by atoms with Crippen LogP contribution in [0.2, 0.25) is 0 Å². The summed E-state index contributed by atoms with van der Waals surface area (Å²) in [5.74, 6) is 0.917. The number of thioether (sulfide) groups is 1. The van der Waals surface area contributed by atoms with Crippen molar-refractivity contribution in [1.29, 1.82) is 5.26 Å². The van der Waals surface area contributed by atoms with Gasteiger partial charge in [-0.3, -0.25) is 4.79 Å². The zero-order valence-corrected chi connectivity index (χ0v) is 18.0. The molecule has 0 bridgehead atoms. The van der Waals surface area contributed by atoms with Crippen molar-refractivity contribution in [2.24, 2.45) is 0 Å². The van der Waals surface area contributed by atoms with E-state index in [-0.39, 0.29) is 11.8 Å². The number of rotatable bonds is 5. The first-order valence-electron chi connectivity index (χ1n) is 10.2. The minimum atomic E-state index is -0.194. The third-order valence-electron chi connectivity index (χ3n) is 5.61. The van der Waals surface area contributed by atoms with Gasteiger partial charge in [0, 0.05) is 18.1 Å². The molecule has 30 heavy (non-hydrogen) atoms. The van der Waals surface area contributed by atoms with Crippen molar-refractivity contribution < 1.29 is 4.79 Å². The molecular formula is C26H24N2OS. The molecule has 4 heteroatoms. The normalized spacial score (nSPS) is 16.6. The highest BCUT2D eigenvalue weighted by atomic mass is 32.2. The maximum Gasteiger partial charge on any atom is 0.225 e. The summed E-state index contributed by atoms with van der Waals surface area (Å²) in [5, 5.41) is 15.9. The summed E-state index contributed by atoms with van der Waals surface area (Å²) in [4.78, 5) is 12.4. The molecule has 0 aromatic heterocycles. The van der Waals surface area contributed by atoms with Crippen LogP contribution < -0.4 is 5.32 Å². The molecule has 1 heterocycles. The summed E-state index contributed by atoms with van der Waals surface area (Å²) >= 11 is 1.53. The topological polar surface area (TPSA) is 52.9 Å². The van der Waals surface area contributed by atoms with Crippen LogP contribution >= 0.6 is 11.8 Å². The number of fused-ring (bicyclic) bond motifs is 1. The molecule has 3 nitrogen and oxygen atoms in total. The first-order valence-corrected chi connectivity index (χ1v) is 11.2. The largest absolute Gasteiger partial charge is 0.320 e. The van der Waals surface area contributed by atoms with E-state index in [1.165, 1.54) is 33.7 Å². The quantitative estimate of drug-likeness (QED) is 0.540. The molecule has 3 aromatic rings. The van der Waals surface area contributed by atoms with Gasteiger partial charge in [-0.1, -0.05) is 80.6 Å². The molecule has 1 amide bonds. The van der Waals surface area contributed by atoms with E-state index in [0.29, 0.717) is 28.7 Å². The van der Waals surface area contributed by atoms with Crippen LogP contribution in [0.4, 0.5) is 0 Å². The molecule has 1 aliphatic rings. The van der Waals surface area contributed by atoms with Crippen molar-refractivity contribution in [1.82, 2.24) is 5.32 Å². The van der Waals surface area contributed by atoms with Gasteiger partial charge in [-0.05, 0) is 33.4 Å². The van der Waals surface area contributed by atoms with Gasteiger partial charge in [-0.15, -0.1) is 11.8 Å². The zero-order chi connectivity index (χ0) is 21.1. The van der Waals surface area contributed by atoms with E-state index >= 15 is 0 Å². The average Bonchev–Trinajstić information content (AvgIpc) is 2.77. The van der Waals surface area contributed by atoms with Crippen molar-refractivity contribution in [3.05, 3.63) is 94.0 Å². The van der Waals surface area contributed by atoms with Gasteiger partial charge < -0.3 is 5.32 Å². The van der Waals surface area contributed by atoms with E-state index in [2.05, 4.69) is 79.8 Å². The van der Waals surface area contributed by atoms with Crippen LogP contribution in [0.1, 0.15) is 48.8 Å². The molecule has 0 fully saturated rings. The molecule has 0 aliphatic carbocycles. The Labute approximate surface area is 181 Å². The number of nitriles is 1. The van der Waals surface area contributed by atoms with Crippen LogP contribution in [0.3, 0.4) is 0 Å². The van der Waals surface area contributed by atoms with Gasteiger partial charge in [-0.2, -0.15) is 5.26 Å². The summed E-state index contributed by atoms with van der Waals surface area (Å²) in [6, 6.07) is 25.2. The molecule has 0 unspecified atom stereocenters. The van der Waals surface area contributed by atoms with Gasteiger partial charge in [-0.25, -0.2) is 0 Å². The monoisotopic (exact) mass is 412 g/mol.